The van der Waals surface area contributed by atoms with Crippen LogP contribution >= 0.6 is 0 Å². The number of ketones is 2. The number of halogens is 1. The van der Waals surface area contributed by atoms with Crippen LogP contribution in [0, 0.1) is 11.7 Å². The summed E-state index contributed by atoms with van der Waals surface area (Å²) in [5.74, 6) is -2.42. The van der Waals surface area contributed by atoms with Gasteiger partial charge in [-0.1, -0.05) is 30.3 Å². The summed E-state index contributed by atoms with van der Waals surface area (Å²) in [7, 11) is 0. The fourth-order valence-corrected chi connectivity index (χ4v) is 4.45. The average Bonchev–Trinajstić information content (AvgIpc) is 2.81. The van der Waals surface area contributed by atoms with E-state index < -0.39 is 23.2 Å². The van der Waals surface area contributed by atoms with Crippen molar-refractivity contribution in [2.75, 3.05) is 6.54 Å². The van der Waals surface area contributed by atoms with Gasteiger partial charge in [0.1, 0.15) is 11.6 Å². The number of phenolic OH excluding ortho intramolecular Hbond substituents is 1. The molecule has 0 heterocycles. The highest BCUT2D eigenvalue weighted by Crippen LogP contribution is 2.35. The summed E-state index contributed by atoms with van der Waals surface area (Å²) in [6.07, 6.45) is 0.0780. The van der Waals surface area contributed by atoms with E-state index in [0.29, 0.717) is 16.7 Å². The van der Waals surface area contributed by atoms with Gasteiger partial charge in [0, 0.05) is 28.8 Å². The van der Waals surface area contributed by atoms with Gasteiger partial charge >= 0.3 is 0 Å². The van der Waals surface area contributed by atoms with E-state index in [1.165, 1.54) is 25.1 Å². The zero-order valence-electron chi connectivity index (χ0n) is 20.3. The van der Waals surface area contributed by atoms with Crippen LogP contribution in [0.2, 0.25) is 0 Å². The summed E-state index contributed by atoms with van der Waals surface area (Å²) < 4.78 is 14.5. The Morgan fingerprint density at radius 1 is 0.971 bits per heavy atom. The van der Waals surface area contributed by atoms with Crippen molar-refractivity contribution in [3.05, 3.63) is 87.8 Å². The smallest absolute Gasteiger partial charge is 0.255 e. The Hall–Kier alpha value is -3.58. The number of aliphatic hydroxyl groups is 1. The van der Waals surface area contributed by atoms with E-state index in [2.05, 4.69) is 5.32 Å². The highest BCUT2D eigenvalue weighted by molar-refractivity contribution is 6.24. The first kappa shape index (κ1) is 26.0. The van der Waals surface area contributed by atoms with Gasteiger partial charge < -0.3 is 15.5 Å². The van der Waals surface area contributed by atoms with Gasteiger partial charge in [-0.15, -0.1) is 0 Å². The molecule has 0 saturated carbocycles. The number of aromatic hydroxyl groups is 1. The van der Waals surface area contributed by atoms with Gasteiger partial charge in [-0.2, -0.15) is 0 Å². The minimum absolute atomic E-state index is 0.0135. The number of carbonyl (C=O) groups is 3. The molecule has 0 spiro atoms. The van der Waals surface area contributed by atoms with Crippen molar-refractivity contribution in [3.8, 4) is 5.75 Å². The van der Waals surface area contributed by atoms with Crippen LogP contribution in [0.3, 0.4) is 0 Å². The number of benzene rings is 2. The van der Waals surface area contributed by atoms with Crippen LogP contribution in [0.4, 0.5) is 4.39 Å². The predicted molar refractivity (Wildman–Crippen MR) is 130 cm³/mol. The molecule has 1 amide bonds. The molecule has 3 N–H and O–H groups in total. The van der Waals surface area contributed by atoms with Crippen LogP contribution in [0.15, 0.2) is 70.8 Å². The fourth-order valence-electron chi connectivity index (χ4n) is 4.45. The van der Waals surface area contributed by atoms with Crippen molar-refractivity contribution in [2.45, 2.75) is 46.1 Å². The van der Waals surface area contributed by atoms with Crippen molar-refractivity contribution < 1.29 is 29.0 Å². The Bertz CT molecular complexity index is 1240. The molecular formula is C28H30FNO5. The fraction of sp³-hybridized carbons (Fsp3) is 0.321. The quantitative estimate of drug-likeness (QED) is 0.496. The van der Waals surface area contributed by atoms with E-state index in [-0.39, 0.29) is 53.4 Å². The number of phenols is 1. The van der Waals surface area contributed by atoms with Crippen LogP contribution in [0.5, 0.6) is 5.75 Å². The lowest BCUT2D eigenvalue weighted by atomic mass is 9.74. The Kier molecular flexibility index (Phi) is 7.70. The molecule has 2 aromatic rings. The molecule has 2 unspecified atom stereocenters. The number of para-hydroxylation sites is 1. The van der Waals surface area contributed by atoms with Gasteiger partial charge in [-0.05, 0) is 70.2 Å². The van der Waals surface area contributed by atoms with Crippen LogP contribution < -0.4 is 5.32 Å². The first-order valence-electron chi connectivity index (χ1n) is 11.4. The summed E-state index contributed by atoms with van der Waals surface area (Å²) in [6, 6.07) is 12.2. The molecule has 7 heteroatoms. The lowest BCUT2D eigenvalue weighted by Gasteiger charge is -2.32. The number of amides is 1. The van der Waals surface area contributed by atoms with Gasteiger partial charge in [0.15, 0.2) is 11.6 Å². The average molecular weight is 480 g/mol. The van der Waals surface area contributed by atoms with Gasteiger partial charge in [0.05, 0.1) is 11.2 Å². The molecule has 3 rings (SSSR count). The van der Waals surface area contributed by atoms with Crippen LogP contribution in [0.25, 0.3) is 0 Å². The zero-order chi connectivity index (χ0) is 25.9. The van der Waals surface area contributed by atoms with Crippen LogP contribution in [-0.2, 0) is 16.0 Å². The second-order valence-electron chi connectivity index (χ2n) is 9.34. The molecule has 0 bridgehead atoms. The van der Waals surface area contributed by atoms with E-state index >= 15 is 0 Å². The van der Waals surface area contributed by atoms with Crippen molar-refractivity contribution in [1.29, 1.82) is 0 Å². The van der Waals surface area contributed by atoms with E-state index in [0.717, 1.165) is 0 Å². The summed E-state index contributed by atoms with van der Waals surface area (Å²) in [5, 5.41) is 23.7. The van der Waals surface area contributed by atoms with E-state index in [1.54, 1.807) is 51.1 Å². The molecule has 1 aliphatic carbocycles. The highest BCUT2D eigenvalue weighted by Gasteiger charge is 2.36. The van der Waals surface area contributed by atoms with Gasteiger partial charge in [-0.25, -0.2) is 4.39 Å². The molecule has 35 heavy (non-hydrogen) atoms. The molecule has 1 aliphatic rings. The Labute approximate surface area is 204 Å². The summed E-state index contributed by atoms with van der Waals surface area (Å²) in [5.41, 5.74) is 0.174. The van der Waals surface area contributed by atoms with Crippen molar-refractivity contribution in [1.82, 2.24) is 5.32 Å². The largest absolute Gasteiger partial charge is 0.507 e. The second kappa shape index (κ2) is 10.4. The van der Waals surface area contributed by atoms with E-state index in [9.17, 15) is 29.0 Å². The van der Waals surface area contributed by atoms with Crippen LogP contribution in [0.1, 0.15) is 50.0 Å². The second-order valence-corrected chi connectivity index (χ2v) is 9.34. The number of Topliss-reactive ketones (excluding diaryl/α,β-unsaturated/α-hetero) is 2. The highest BCUT2D eigenvalue weighted by atomic mass is 19.1. The SMILES string of the molecule is CC1=C(C)C(=O)C(C(Cc2ccccc2F)CC(C)(O)CNC(=O)c2ccccc2O)=C(C)C1=O. The Morgan fingerprint density at radius 2 is 1.57 bits per heavy atom. The summed E-state index contributed by atoms with van der Waals surface area (Å²) >= 11 is 0. The first-order valence-corrected chi connectivity index (χ1v) is 11.4. The maximum atomic E-state index is 14.5. The van der Waals surface area contributed by atoms with Gasteiger partial charge in [-0.3, -0.25) is 14.4 Å². The number of nitrogens with one attached hydrogen (secondary N) is 1. The van der Waals surface area contributed by atoms with Crippen LogP contribution in [-0.4, -0.2) is 39.8 Å². The lowest BCUT2D eigenvalue weighted by molar-refractivity contribution is -0.117. The molecule has 184 valence electrons. The van der Waals surface area contributed by atoms with Crippen molar-refractivity contribution in [3.63, 3.8) is 0 Å². The van der Waals surface area contributed by atoms with Gasteiger partial charge in [0.2, 0.25) is 0 Å². The molecule has 0 aliphatic heterocycles. The van der Waals surface area contributed by atoms with Crippen molar-refractivity contribution in [2.24, 2.45) is 5.92 Å². The minimum Gasteiger partial charge on any atom is -0.507 e. The molecule has 0 saturated heterocycles. The molecule has 0 fully saturated rings. The maximum Gasteiger partial charge on any atom is 0.255 e. The summed E-state index contributed by atoms with van der Waals surface area (Å²) in [4.78, 5) is 38.6. The lowest BCUT2D eigenvalue weighted by Crippen LogP contribution is -2.43. The molecule has 0 aromatic heterocycles. The molecule has 2 atom stereocenters. The monoisotopic (exact) mass is 479 g/mol. The first-order chi connectivity index (χ1) is 16.4. The normalized spacial score (nSPS) is 16.9. The minimum atomic E-state index is -1.50. The molecule has 6 nitrogen and oxygen atoms in total. The van der Waals surface area contributed by atoms with Crippen molar-refractivity contribution >= 4 is 17.5 Å². The Morgan fingerprint density at radius 3 is 2.23 bits per heavy atom. The third-order valence-corrected chi connectivity index (χ3v) is 6.53. The maximum absolute atomic E-state index is 14.5. The third-order valence-electron chi connectivity index (χ3n) is 6.53. The topological polar surface area (TPSA) is 104 Å². The van der Waals surface area contributed by atoms with Gasteiger partial charge in [0.25, 0.3) is 5.91 Å². The predicted octanol–water partition coefficient (Wildman–Crippen LogP) is 4.07. The standard InChI is InChI=1S/C28H30FNO5/c1-16-17(2)26(33)24(18(3)25(16)32)20(13-19-9-5-7-11-22(19)29)14-28(4,35)15-30-27(34)21-10-6-8-12-23(21)31/h5-12,20,31,35H,13-15H2,1-4H3,(H,30,34). The number of hydrogen-bond acceptors (Lipinski definition) is 5. The summed E-state index contributed by atoms with van der Waals surface area (Å²) in [6.45, 7) is 6.09. The number of allylic oxidation sites excluding steroid dienone is 4. The number of carbonyl (C=O) groups excluding carboxylic acids is 3. The zero-order valence-corrected chi connectivity index (χ0v) is 20.3. The molecular weight excluding hydrogens is 449 g/mol. The third kappa shape index (κ3) is 5.74. The van der Waals surface area contributed by atoms with E-state index in [4.69, 9.17) is 0 Å². The Balaban J connectivity index is 1.90. The number of rotatable bonds is 8. The molecule has 2 aromatic carbocycles. The number of hydrogen-bond donors (Lipinski definition) is 3. The van der Waals surface area contributed by atoms with E-state index in [1.807, 2.05) is 0 Å². The molecule has 0 radical (unpaired) electrons.